The molecule has 0 saturated heterocycles. The maximum absolute atomic E-state index is 8.48. The normalized spacial score (nSPS) is 7.82. The monoisotopic (exact) mass is 365 g/mol. The molecular weight excluding hydrogens is 360 g/mol. The molecule has 0 N–H and O–H groups in total. The van der Waals surface area contributed by atoms with Gasteiger partial charge in [-0.3, -0.25) is 0 Å². The molecule has 11 heavy (non-hydrogen) atoms. The number of rotatable bonds is 0. The van der Waals surface area contributed by atoms with Gasteiger partial charge in [0.2, 0.25) is 0 Å². The van der Waals surface area contributed by atoms with Gasteiger partial charge in [-0.05, 0) is 0 Å². The molecule has 1 aromatic rings. The van der Waals surface area contributed by atoms with E-state index >= 15 is 0 Å². The Bertz CT molecular complexity index is 210. The summed E-state index contributed by atoms with van der Waals surface area (Å²) in [5.41, 5.74) is 0. The summed E-state index contributed by atoms with van der Waals surface area (Å²) in [6, 6.07) is 10.4. The van der Waals surface area contributed by atoms with Crippen molar-refractivity contribution in [1.82, 2.24) is 0 Å². The Hall–Kier alpha value is 0.123. The molecule has 0 atom stereocenters. The number of benzene rings is 1. The molecule has 3 nitrogen and oxygen atoms in total. The van der Waals surface area contributed by atoms with E-state index in [0.29, 0.717) is 0 Å². The van der Waals surface area contributed by atoms with Crippen molar-refractivity contribution in [3.63, 3.8) is 0 Å². The van der Waals surface area contributed by atoms with Crippen LogP contribution < -0.4 is 13.1 Å². The predicted octanol–water partition coefficient (Wildman–Crippen LogP) is -1.16. The van der Waals surface area contributed by atoms with Crippen molar-refractivity contribution in [3.05, 3.63) is 30.3 Å². The first kappa shape index (κ1) is 11.1. The molecule has 2 radical (unpaired) electrons. The maximum atomic E-state index is 8.48. The van der Waals surface area contributed by atoms with Crippen LogP contribution in [0.1, 0.15) is 0 Å². The van der Waals surface area contributed by atoms with Gasteiger partial charge >= 0.3 is 58.3 Å². The molecule has 0 aliphatic rings. The average Bonchev–Trinajstić information content (AvgIpc) is 1.87. The minimum absolute atomic E-state index is 1.36. The second-order valence-electron chi connectivity index (χ2n) is 1.56. The van der Waals surface area contributed by atoms with Gasteiger partial charge in [-0.2, -0.15) is 0 Å². The van der Waals surface area contributed by atoms with Crippen molar-refractivity contribution < 1.29 is 14.4 Å². The summed E-state index contributed by atoms with van der Waals surface area (Å²) in [5.74, 6) is 0. The molecule has 0 aliphatic carbocycles. The van der Waals surface area contributed by atoms with E-state index in [0.717, 1.165) is 0 Å². The summed E-state index contributed by atoms with van der Waals surface area (Å²) in [6.07, 6.45) is 0. The molecule has 0 spiro atoms. The molecule has 56 valence electrons. The van der Waals surface area contributed by atoms with Gasteiger partial charge in [-0.15, -0.1) is 0 Å². The average molecular weight is 365 g/mol. The van der Waals surface area contributed by atoms with Crippen molar-refractivity contribution in [2.75, 3.05) is 0 Å². The fourth-order valence-electron chi connectivity index (χ4n) is 0.428. The van der Waals surface area contributed by atoms with Crippen LogP contribution in [0, 0.1) is 0 Å². The Kier molecular flexibility index (Phi) is 6.89. The van der Waals surface area contributed by atoms with Gasteiger partial charge in [-0.25, -0.2) is 0 Å². The molecule has 1 aromatic carbocycles. The van der Waals surface area contributed by atoms with E-state index < -0.39 is 8.25 Å². The van der Waals surface area contributed by atoms with E-state index in [1.165, 1.54) is 28.0 Å². The van der Waals surface area contributed by atoms with Gasteiger partial charge in [0.1, 0.15) is 0 Å². The quantitative estimate of drug-likeness (QED) is 0.431. The fraction of sp³-hybridized carbons (Fsp3) is 0. The molecule has 0 aromatic heterocycles. The van der Waals surface area contributed by atoms with Crippen LogP contribution in [0.4, 0.5) is 0 Å². The Labute approximate surface area is 80.9 Å². The Morgan fingerprint density at radius 1 is 1.18 bits per heavy atom. The molecule has 0 amide bonds. The van der Waals surface area contributed by atoms with Gasteiger partial charge in [-0.1, -0.05) is 4.57 Å². The zero-order valence-corrected chi connectivity index (χ0v) is 9.88. The Morgan fingerprint density at radius 2 is 1.55 bits per heavy atom. The molecule has 0 aliphatic heterocycles. The first-order chi connectivity index (χ1) is 5.13. The minimum atomic E-state index is -3.37. The second-order valence-corrected chi connectivity index (χ2v) is 4.01. The third kappa shape index (κ3) is 10.1. The van der Waals surface area contributed by atoms with Crippen molar-refractivity contribution in [2.45, 2.75) is 0 Å². The van der Waals surface area contributed by atoms with Crippen LogP contribution in [0.5, 0.6) is 0 Å². The molecule has 0 saturated carbocycles. The van der Waals surface area contributed by atoms with Crippen molar-refractivity contribution in [3.8, 4) is 0 Å². The van der Waals surface area contributed by atoms with Crippen LogP contribution >= 0.6 is 8.25 Å². The fourth-order valence-corrected chi connectivity index (χ4v) is 1.10. The van der Waals surface area contributed by atoms with Crippen LogP contribution in [0.3, 0.4) is 0 Å². The van der Waals surface area contributed by atoms with Crippen LogP contribution in [-0.2, 0) is 4.57 Å². The summed E-state index contributed by atoms with van der Waals surface area (Å²) in [6.45, 7) is 0. The van der Waals surface area contributed by atoms with E-state index in [-0.39, 0.29) is 0 Å². The van der Waals surface area contributed by atoms with Crippen LogP contribution in [0.15, 0.2) is 30.3 Å². The third-order valence-electron chi connectivity index (χ3n) is 0.756. The van der Waals surface area contributed by atoms with Crippen molar-refractivity contribution in [1.29, 1.82) is 0 Å². The zero-order chi connectivity index (χ0) is 8.69. The summed E-state index contributed by atoms with van der Waals surface area (Å²) in [5, 5.41) is 0. The summed E-state index contributed by atoms with van der Waals surface area (Å²) in [7, 11) is -3.37. The predicted molar refractivity (Wildman–Crippen MR) is 39.4 cm³/mol. The third-order valence-corrected chi connectivity index (χ3v) is 1.92. The van der Waals surface area contributed by atoms with E-state index in [4.69, 9.17) is 14.4 Å². The van der Waals surface area contributed by atoms with E-state index in [1.54, 1.807) is 0 Å². The van der Waals surface area contributed by atoms with E-state index in [9.17, 15) is 0 Å². The van der Waals surface area contributed by atoms with Gasteiger partial charge in [0, 0.05) is 0 Å². The summed E-state index contributed by atoms with van der Waals surface area (Å²) in [4.78, 5) is 17.0. The first-order valence-corrected chi connectivity index (χ1v) is 5.52. The topological polar surface area (TPSA) is 63.2 Å². The van der Waals surface area contributed by atoms with Gasteiger partial charge in [0.05, 0.1) is 0 Å². The molecule has 5 heteroatoms. The first-order valence-electron chi connectivity index (χ1n) is 2.68. The molecule has 0 unspecified atom stereocenters. The van der Waals surface area contributed by atoms with Crippen LogP contribution in [0.25, 0.3) is 0 Å². The number of hydrogen-bond acceptors (Lipinski definition) is 3. The van der Waals surface area contributed by atoms with Crippen molar-refractivity contribution >= 4 is 36.2 Å². The molecule has 1 rings (SSSR count). The second kappa shape index (κ2) is 6.81. The van der Waals surface area contributed by atoms with Crippen molar-refractivity contribution in [2.24, 2.45) is 0 Å². The summed E-state index contributed by atoms with van der Waals surface area (Å²) >= 11 is 1.36. The molecular formula is C6H5BiO3P+. The van der Waals surface area contributed by atoms with E-state index in [2.05, 4.69) is 24.3 Å². The molecule has 0 heterocycles. The van der Waals surface area contributed by atoms with Crippen LogP contribution in [-0.4, -0.2) is 24.7 Å². The number of hydrogen-bond donors (Lipinski definition) is 0. The standard InChI is InChI=1S/C6H5.Bi.HO3P/c1-2-4-6-5-3-1;;1-4(2)3/h1-5H;;(H,1,2,3)/q;+2;/p-1. The van der Waals surface area contributed by atoms with E-state index in [1.807, 2.05) is 6.07 Å². The summed E-state index contributed by atoms with van der Waals surface area (Å²) < 4.78 is 9.91. The Balaban J connectivity index is 0.000000218. The SMILES string of the molecule is O=[P+]([O-])[O-].[Bi+2][c]1ccccc1. The molecule has 0 bridgehead atoms. The zero-order valence-electron chi connectivity index (χ0n) is 5.51. The van der Waals surface area contributed by atoms with Crippen LogP contribution in [0.2, 0.25) is 0 Å². The Morgan fingerprint density at radius 3 is 1.73 bits per heavy atom. The molecule has 0 fully saturated rings. The van der Waals surface area contributed by atoms with Gasteiger partial charge in [0.15, 0.2) is 0 Å². The van der Waals surface area contributed by atoms with Gasteiger partial charge < -0.3 is 9.79 Å². The van der Waals surface area contributed by atoms with Gasteiger partial charge in [0.25, 0.3) is 8.25 Å².